The third-order valence-corrected chi connectivity index (χ3v) is 3.99. The van der Waals surface area contributed by atoms with Gasteiger partial charge < -0.3 is 14.8 Å². The third kappa shape index (κ3) is 6.18. The number of ether oxygens (including phenoxy) is 2. The monoisotopic (exact) mass is 382 g/mol. The number of anilines is 1. The first-order valence-corrected chi connectivity index (χ1v) is 8.18. The summed E-state index contributed by atoms with van der Waals surface area (Å²) in [6, 6.07) is 12.2. The number of rotatable bonds is 7. The summed E-state index contributed by atoms with van der Waals surface area (Å²) in [7, 11) is 3.28. The third-order valence-electron chi connectivity index (χ3n) is 3.99. The van der Waals surface area contributed by atoms with E-state index in [-0.39, 0.29) is 11.7 Å². The smallest absolute Gasteiger partial charge is 0.495 e. The number of hydrogen-bond donors (Lipinski definition) is 1. The molecule has 1 amide bonds. The van der Waals surface area contributed by atoms with Gasteiger partial charge >= 0.3 is 6.36 Å². The Labute approximate surface area is 155 Å². The zero-order valence-electron chi connectivity index (χ0n) is 15.2. The summed E-state index contributed by atoms with van der Waals surface area (Å²) >= 11 is 0. The Bertz CT molecular complexity index is 764. The van der Waals surface area contributed by atoms with Crippen molar-refractivity contribution in [2.75, 3.05) is 19.5 Å². The lowest BCUT2D eigenvalue weighted by atomic mass is 10.1. The van der Waals surface area contributed by atoms with Crippen LogP contribution in [0.4, 0.5) is 18.9 Å². The molecule has 0 heterocycles. The van der Waals surface area contributed by atoms with E-state index in [1.54, 1.807) is 43.1 Å². The van der Waals surface area contributed by atoms with E-state index in [0.717, 1.165) is 5.56 Å². The summed E-state index contributed by atoms with van der Waals surface area (Å²) in [6.45, 7) is 2.12. The summed E-state index contributed by atoms with van der Waals surface area (Å²) in [5, 5.41) is 2.81. The number of carbonyl (C=O) groups is 1. The first-order chi connectivity index (χ1) is 12.7. The summed E-state index contributed by atoms with van der Waals surface area (Å²) in [5.74, 6) is 0.0517. The van der Waals surface area contributed by atoms with Gasteiger partial charge in [0.15, 0.2) is 0 Å². The molecule has 5 nitrogen and oxygen atoms in total. The number of alkyl halides is 3. The molecule has 0 spiro atoms. The molecule has 1 atom stereocenters. The molecule has 0 aliphatic rings. The summed E-state index contributed by atoms with van der Waals surface area (Å²) in [4.78, 5) is 14.3. The highest BCUT2D eigenvalue weighted by atomic mass is 19.4. The second kappa shape index (κ2) is 8.77. The number of halogens is 3. The summed E-state index contributed by atoms with van der Waals surface area (Å²) < 4.78 is 45.6. The molecular weight excluding hydrogens is 361 g/mol. The Morgan fingerprint density at radius 3 is 2.37 bits per heavy atom. The average molecular weight is 382 g/mol. The van der Waals surface area contributed by atoms with Crippen LogP contribution in [0.5, 0.6) is 11.5 Å². The van der Waals surface area contributed by atoms with Crippen LogP contribution >= 0.6 is 0 Å². The van der Waals surface area contributed by atoms with Crippen LogP contribution in [-0.4, -0.2) is 37.4 Å². The van der Waals surface area contributed by atoms with Crippen molar-refractivity contribution in [3.8, 4) is 11.5 Å². The number of amides is 1. The van der Waals surface area contributed by atoms with Crippen LogP contribution in [0, 0.1) is 0 Å². The molecule has 2 aromatic rings. The van der Waals surface area contributed by atoms with Crippen LogP contribution < -0.4 is 14.8 Å². The number of carbonyl (C=O) groups excluding carboxylic acids is 1. The van der Waals surface area contributed by atoms with Crippen molar-refractivity contribution in [2.45, 2.75) is 25.9 Å². The lowest BCUT2D eigenvalue weighted by molar-refractivity contribution is -0.274. The first kappa shape index (κ1) is 20.6. The molecule has 1 unspecified atom stereocenters. The standard InChI is InChI=1S/C19H21F3N2O3/c1-13(18(25)23-16-6-4-5-7-17(16)26-3)24(2)12-14-8-10-15(11-9-14)27-19(20,21)22/h4-11,13H,12H2,1-3H3,(H,23,25). The fourth-order valence-electron chi connectivity index (χ4n) is 2.41. The minimum Gasteiger partial charge on any atom is -0.495 e. The van der Waals surface area contributed by atoms with Crippen LogP contribution in [0.25, 0.3) is 0 Å². The number of nitrogens with zero attached hydrogens (tertiary/aromatic N) is 1. The van der Waals surface area contributed by atoms with Crippen molar-refractivity contribution in [3.63, 3.8) is 0 Å². The van der Waals surface area contributed by atoms with Gasteiger partial charge in [-0.15, -0.1) is 13.2 Å². The second-order valence-corrected chi connectivity index (χ2v) is 5.97. The molecule has 8 heteroatoms. The van der Waals surface area contributed by atoms with E-state index in [4.69, 9.17) is 4.74 Å². The Morgan fingerprint density at radius 1 is 1.15 bits per heavy atom. The van der Waals surface area contributed by atoms with E-state index in [2.05, 4.69) is 10.1 Å². The molecule has 27 heavy (non-hydrogen) atoms. The second-order valence-electron chi connectivity index (χ2n) is 5.97. The fraction of sp³-hybridized carbons (Fsp3) is 0.316. The molecule has 146 valence electrons. The highest BCUT2D eigenvalue weighted by Gasteiger charge is 2.31. The van der Waals surface area contributed by atoms with E-state index in [9.17, 15) is 18.0 Å². The maximum atomic E-state index is 12.5. The number of likely N-dealkylation sites (N-methyl/N-ethyl adjacent to an activating group) is 1. The fourth-order valence-corrected chi connectivity index (χ4v) is 2.41. The minimum atomic E-state index is -4.72. The van der Waals surface area contributed by atoms with Crippen molar-refractivity contribution >= 4 is 11.6 Å². The summed E-state index contributed by atoms with van der Waals surface area (Å²) in [5.41, 5.74) is 1.32. The maximum absolute atomic E-state index is 12.5. The molecule has 0 bridgehead atoms. The van der Waals surface area contributed by atoms with E-state index in [0.29, 0.717) is 18.0 Å². The van der Waals surface area contributed by atoms with Gasteiger partial charge in [0.05, 0.1) is 18.8 Å². The maximum Gasteiger partial charge on any atom is 0.573 e. The SMILES string of the molecule is COc1ccccc1NC(=O)C(C)N(C)Cc1ccc(OC(F)(F)F)cc1. The van der Waals surface area contributed by atoms with E-state index >= 15 is 0 Å². The van der Waals surface area contributed by atoms with Crippen molar-refractivity contribution in [2.24, 2.45) is 0 Å². The van der Waals surface area contributed by atoms with Crippen LogP contribution in [0.15, 0.2) is 48.5 Å². The van der Waals surface area contributed by atoms with Crippen LogP contribution in [-0.2, 0) is 11.3 Å². The number of nitrogens with one attached hydrogen (secondary N) is 1. The molecule has 0 saturated carbocycles. The quantitative estimate of drug-likeness (QED) is 0.785. The molecule has 0 radical (unpaired) electrons. The molecule has 0 aromatic heterocycles. The predicted molar refractivity (Wildman–Crippen MR) is 95.7 cm³/mol. The highest BCUT2D eigenvalue weighted by molar-refractivity contribution is 5.95. The van der Waals surface area contributed by atoms with E-state index in [1.807, 2.05) is 0 Å². The lowest BCUT2D eigenvalue weighted by Crippen LogP contribution is -2.39. The number of hydrogen-bond acceptors (Lipinski definition) is 4. The topological polar surface area (TPSA) is 50.8 Å². The molecule has 0 aliphatic carbocycles. The molecule has 2 rings (SSSR count). The molecule has 2 aromatic carbocycles. The molecule has 0 aliphatic heterocycles. The van der Waals surface area contributed by atoms with Gasteiger partial charge in [0.2, 0.25) is 5.91 Å². The molecule has 1 N–H and O–H groups in total. The average Bonchev–Trinajstić information content (AvgIpc) is 2.61. The van der Waals surface area contributed by atoms with Crippen molar-refractivity contribution in [3.05, 3.63) is 54.1 Å². The number of methoxy groups -OCH3 is 1. The van der Waals surface area contributed by atoms with Gasteiger partial charge in [-0.1, -0.05) is 24.3 Å². The van der Waals surface area contributed by atoms with Crippen LogP contribution in [0.3, 0.4) is 0 Å². The van der Waals surface area contributed by atoms with Gasteiger partial charge in [-0.25, -0.2) is 0 Å². The van der Waals surface area contributed by atoms with E-state index < -0.39 is 12.4 Å². The van der Waals surface area contributed by atoms with Gasteiger partial charge in [0, 0.05) is 6.54 Å². The Kier molecular flexibility index (Phi) is 6.68. The molecule has 0 saturated heterocycles. The van der Waals surface area contributed by atoms with Crippen LogP contribution in [0.1, 0.15) is 12.5 Å². The van der Waals surface area contributed by atoms with Crippen LogP contribution in [0.2, 0.25) is 0 Å². The predicted octanol–water partition coefficient (Wildman–Crippen LogP) is 4.05. The number of para-hydroxylation sites is 2. The first-order valence-electron chi connectivity index (χ1n) is 8.18. The summed E-state index contributed by atoms with van der Waals surface area (Å²) in [6.07, 6.45) is -4.72. The van der Waals surface area contributed by atoms with Crippen molar-refractivity contribution in [1.29, 1.82) is 0 Å². The zero-order chi connectivity index (χ0) is 20.0. The van der Waals surface area contributed by atoms with Gasteiger partial charge in [-0.05, 0) is 43.8 Å². The highest BCUT2D eigenvalue weighted by Crippen LogP contribution is 2.24. The lowest BCUT2D eigenvalue weighted by Gasteiger charge is -2.24. The largest absolute Gasteiger partial charge is 0.573 e. The molecule has 0 fully saturated rings. The molecular formula is C19H21F3N2O3. The minimum absolute atomic E-state index is 0.223. The van der Waals surface area contributed by atoms with E-state index in [1.165, 1.54) is 31.4 Å². The van der Waals surface area contributed by atoms with Gasteiger partial charge in [0.1, 0.15) is 11.5 Å². The van der Waals surface area contributed by atoms with Crippen molar-refractivity contribution < 1.29 is 27.4 Å². The van der Waals surface area contributed by atoms with Gasteiger partial charge in [-0.2, -0.15) is 0 Å². The van der Waals surface area contributed by atoms with Gasteiger partial charge in [-0.3, -0.25) is 9.69 Å². The zero-order valence-corrected chi connectivity index (χ0v) is 15.2. The van der Waals surface area contributed by atoms with Crippen molar-refractivity contribution in [1.82, 2.24) is 4.90 Å². The Morgan fingerprint density at radius 2 is 1.78 bits per heavy atom. The number of benzene rings is 2. The normalized spacial score (nSPS) is 12.6. The Hall–Kier alpha value is -2.74. The van der Waals surface area contributed by atoms with Gasteiger partial charge in [0.25, 0.3) is 0 Å². The Balaban J connectivity index is 1.96.